The molecule has 2 aliphatic rings. The second-order valence-electron chi connectivity index (χ2n) is 8.42. The summed E-state index contributed by atoms with van der Waals surface area (Å²) in [5, 5.41) is 2.98. The third-order valence-corrected chi connectivity index (χ3v) is 6.00. The van der Waals surface area contributed by atoms with Gasteiger partial charge in [0.1, 0.15) is 13.2 Å². The SMILES string of the molecule is O=C(COC(=O)c1ccccc1C(=O)c1ccc2c(c1)OCCO2)NC1CCCCCCC1. The van der Waals surface area contributed by atoms with Gasteiger partial charge in [0.2, 0.25) is 0 Å². The average Bonchev–Trinajstić information content (AvgIpc) is 2.83. The molecule has 1 aliphatic carbocycles. The molecule has 1 heterocycles. The Morgan fingerprint density at radius 1 is 0.848 bits per heavy atom. The Labute approximate surface area is 193 Å². The van der Waals surface area contributed by atoms with Crippen molar-refractivity contribution in [1.82, 2.24) is 5.32 Å². The number of fused-ring (bicyclic) bond motifs is 1. The van der Waals surface area contributed by atoms with Gasteiger partial charge in [-0.2, -0.15) is 0 Å². The minimum atomic E-state index is -0.704. The van der Waals surface area contributed by atoms with Crippen LogP contribution in [0.3, 0.4) is 0 Å². The van der Waals surface area contributed by atoms with Crippen molar-refractivity contribution in [3.05, 3.63) is 59.2 Å². The number of esters is 1. The zero-order valence-electron chi connectivity index (χ0n) is 18.6. The number of ether oxygens (including phenoxy) is 3. The topological polar surface area (TPSA) is 90.9 Å². The maximum absolute atomic E-state index is 13.1. The zero-order valence-corrected chi connectivity index (χ0v) is 18.6. The highest BCUT2D eigenvalue weighted by atomic mass is 16.6. The molecule has 174 valence electrons. The maximum Gasteiger partial charge on any atom is 0.339 e. The molecular formula is C26H29NO6. The van der Waals surface area contributed by atoms with Gasteiger partial charge in [0.15, 0.2) is 23.9 Å². The van der Waals surface area contributed by atoms with Gasteiger partial charge in [0.05, 0.1) is 5.56 Å². The van der Waals surface area contributed by atoms with Crippen molar-refractivity contribution >= 4 is 17.7 Å². The summed E-state index contributed by atoms with van der Waals surface area (Å²) in [5.41, 5.74) is 0.706. The summed E-state index contributed by atoms with van der Waals surface area (Å²) < 4.78 is 16.3. The molecule has 4 rings (SSSR count). The molecule has 0 atom stereocenters. The summed E-state index contributed by atoms with van der Waals surface area (Å²) in [4.78, 5) is 38.2. The number of amides is 1. The van der Waals surface area contributed by atoms with Crippen LogP contribution in [0.2, 0.25) is 0 Å². The largest absolute Gasteiger partial charge is 0.486 e. The van der Waals surface area contributed by atoms with Crippen LogP contribution in [0.25, 0.3) is 0 Å². The van der Waals surface area contributed by atoms with Gasteiger partial charge in [-0.15, -0.1) is 0 Å². The Morgan fingerprint density at radius 2 is 1.52 bits per heavy atom. The minimum absolute atomic E-state index is 0.121. The summed E-state index contributed by atoms with van der Waals surface area (Å²) in [5.74, 6) is -0.272. The molecule has 7 nitrogen and oxygen atoms in total. The normalized spacial score (nSPS) is 16.2. The molecule has 0 saturated heterocycles. The quantitative estimate of drug-likeness (QED) is 0.526. The first kappa shape index (κ1) is 22.8. The fourth-order valence-electron chi connectivity index (χ4n) is 4.28. The van der Waals surface area contributed by atoms with E-state index >= 15 is 0 Å². The predicted molar refractivity (Wildman–Crippen MR) is 122 cm³/mol. The van der Waals surface area contributed by atoms with Gasteiger partial charge in [0.25, 0.3) is 5.91 Å². The minimum Gasteiger partial charge on any atom is -0.486 e. The van der Waals surface area contributed by atoms with Gasteiger partial charge in [-0.3, -0.25) is 9.59 Å². The first-order valence-electron chi connectivity index (χ1n) is 11.6. The first-order valence-corrected chi connectivity index (χ1v) is 11.6. The highest BCUT2D eigenvalue weighted by Gasteiger charge is 2.22. The third-order valence-electron chi connectivity index (χ3n) is 6.00. The molecule has 1 amide bonds. The fraction of sp³-hybridized carbons (Fsp3) is 0.423. The highest BCUT2D eigenvalue weighted by Crippen LogP contribution is 2.31. The molecule has 0 unspecified atom stereocenters. The standard InChI is InChI=1S/C26H29NO6/c28-24(27-19-8-4-2-1-3-5-9-19)17-33-26(30)21-11-7-6-10-20(21)25(29)18-12-13-22-23(16-18)32-15-14-31-22/h6-7,10-13,16,19H,1-5,8-9,14-15,17H2,(H,27,28). The third kappa shape index (κ3) is 5.92. The maximum atomic E-state index is 13.1. The molecule has 1 saturated carbocycles. The monoisotopic (exact) mass is 451 g/mol. The lowest BCUT2D eigenvalue weighted by Crippen LogP contribution is -2.38. The van der Waals surface area contributed by atoms with Crippen molar-refractivity contribution in [1.29, 1.82) is 0 Å². The lowest BCUT2D eigenvalue weighted by Gasteiger charge is -2.21. The van der Waals surface area contributed by atoms with Crippen molar-refractivity contribution in [2.75, 3.05) is 19.8 Å². The molecule has 33 heavy (non-hydrogen) atoms. The van der Waals surface area contributed by atoms with E-state index in [9.17, 15) is 14.4 Å². The van der Waals surface area contributed by atoms with Crippen LogP contribution in [0.15, 0.2) is 42.5 Å². The van der Waals surface area contributed by atoms with Crippen LogP contribution in [0, 0.1) is 0 Å². The molecule has 0 bridgehead atoms. The average molecular weight is 452 g/mol. The Balaban J connectivity index is 1.39. The number of carbonyl (C=O) groups is 3. The van der Waals surface area contributed by atoms with Crippen LogP contribution in [0.4, 0.5) is 0 Å². The number of ketones is 1. The highest BCUT2D eigenvalue weighted by molar-refractivity contribution is 6.14. The number of hydrogen-bond donors (Lipinski definition) is 1. The van der Waals surface area contributed by atoms with Crippen LogP contribution in [-0.2, 0) is 9.53 Å². The molecule has 0 radical (unpaired) electrons. The summed E-state index contributed by atoms with van der Waals surface area (Å²) in [6, 6.07) is 11.5. The van der Waals surface area contributed by atoms with Crippen molar-refractivity contribution < 1.29 is 28.6 Å². The van der Waals surface area contributed by atoms with E-state index in [0.29, 0.717) is 30.3 Å². The Morgan fingerprint density at radius 3 is 2.27 bits per heavy atom. The van der Waals surface area contributed by atoms with E-state index in [0.717, 1.165) is 25.7 Å². The molecule has 7 heteroatoms. The Bertz CT molecular complexity index is 1010. The lowest BCUT2D eigenvalue weighted by molar-refractivity contribution is -0.125. The molecular weight excluding hydrogens is 422 g/mol. The summed E-state index contributed by atoms with van der Waals surface area (Å²) in [7, 11) is 0. The van der Waals surface area contributed by atoms with Crippen molar-refractivity contribution in [2.24, 2.45) is 0 Å². The fourth-order valence-corrected chi connectivity index (χ4v) is 4.28. The molecule has 1 N–H and O–H groups in total. The van der Waals surface area contributed by atoms with Crippen LogP contribution in [0.1, 0.15) is 71.2 Å². The molecule has 2 aromatic carbocycles. The number of hydrogen-bond acceptors (Lipinski definition) is 6. The van der Waals surface area contributed by atoms with Gasteiger partial charge in [-0.25, -0.2) is 4.79 Å². The Kier molecular flexibility index (Phi) is 7.60. The molecule has 0 spiro atoms. The van der Waals surface area contributed by atoms with Crippen molar-refractivity contribution in [2.45, 2.75) is 51.0 Å². The van der Waals surface area contributed by atoms with Crippen molar-refractivity contribution in [3.63, 3.8) is 0 Å². The molecule has 1 aliphatic heterocycles. The number of rotatable bonds is 6. The van der Waals surface area contributed by atoms with E-state index in [1.165, 1.54) is 25.3 Å². The Hall–Kier alpha value is -3.35. The number of nitrogens with one attached hydrogen (secondary N) is 1. The van der Waals surface area contributed by atoms with Crippen LogP contribution < -0.4 is 14.8 Å². The summed E-state index contributed by atoms with van der Waals surface area (Å²) in [6.07, 6.45) is 7.73. The van der Waals surface area contributed by atoms with Gasteiger partial charge >= 0.3 is 5.97 Å². The van der Waals surface area contributed by atoms with E-state index in [-0.39, 0.29) is 35.5 Å². The van der Waals surface area contributed by atoms with E-state index in [1.54, 1.807) is 36.4 Å². The van der Waals surface area contributed by atoms with Crippen LogP contribution >= 0.6 is 0 Å². The summed E-state index contributed by atoms with van der Waals surface area (Å²) >= 11 is 0. The number of carbonyl (C=O) groups excluding carboxylic acids is 3. The first-order chi connectivity index (χ1) is 16.1. The lowest BCUT2D eigenvalue weighted by atomic mass is 9.97. The van der Waals surface area contributed by atoms with Crippen LogP contribution in [0.5, 0.6) is 11.5 Å². The van der Waals surface area contributed by atoms with Gasteiger partial charge in [-0.1, -0.05) is 50.3 Å². The van der Waals surface area contributed by atoms with Gasteiger partial charge in [-0.05, 0) is 37.1 Å². The van der Waals surface area contributed by atoms with Gasteiger partial charge < -0.3 is 19.5 Å². The molecule has 0 aromatic heterocycles. The zero-order chi connectivity index (χ0) is 23.0. The second-order valence-corrected chi connectivity index (χ2v) is 8.42. The number of benzene rings is 2. The van der Waals surface area contributed by atoms with E-state index in [4.69, 9.17) is 14.2 Å². The van der Waals surface area contributed by atoms with Gasteiger partial charge in [0, 0.05) is 17.2 Å². The van der Waals surface area contributed by atoms with Crippen molar-refractivity contribution in [3.8, 4) is 11.5 Å². The second kappa shape index (κ2) is 11.0. The van der Waals surface area contributed by atoms with E-state index in [2.05, 4.69) is 5.32 Å². The van der Waals surface area contributed by atoms with E-state index < -0.39 is 5.97 Å². The predicted octanol–water partition coefficient (Wildman–Crippen LogP) is 4.07. The van der Waals surface area contributed by atoms with E-state index in [1.807, 2.05) is 0 Å². The van der Waals surface area contributed by atoms with Crippen LogP contribution in [-0.4, -0.2) is 43.5 Å². The molecule has 1 fully saturated rings. The molecule has 2 aromatic rings. The smallest absolute Gasteiger partial charge is 0.339 e. The summed E-state index contributed by atoms with van der Waals surface area (Å²) in [6.45, 7) is 0.502.